The zero-order chi connectivity index (χ0) is 19.3. The second-order valence-corrected chi connectivity index (χ2v) is 7.93. The molecule has 1 aromatic rings. The summed E-state index contributed by atoms with van der Waals surface area (Å²) in [6.07, 6.45) is 0.656. The maximum absolute atomic E-state index is 12.7. The van der Waals surface area contributed by atoms with Crippen LogP contribution in [0.25, 0.3) is 0 Å². The van der Waals surface area contributed by atoms with Gasteiger partial charge >= 0.3 is 5.97 Å². The van der Waals surface area contributed by atoms with E-state index in [1.165, 1.54) is 35.5 Å². The second-order valence-electron chi connectivity index (χ2n) is 6.00. The third-order valence-corrected chi connectivity index (χ3v) is 5.96. The summed E-state index contributed by atoms with van der Waals surface area (Å²) >= 11 is 0. The molecule has 1 fully saturated rings. The van der Waals surface area contributed by atoms with Crippen molar-refractivity contribution in [1.82, 2.24) is 9.62 Å². The summed E-state index contributed by atoms with van der Waals surface area (Å²) in [5.74, 6) is -2.14. The largest absolute Gasteiger partial charge is 0.480 e. The molecule has 10 heteroatoms. The van der Waals surface area contributed by atoms with Crippen molar-refractivity contribution >= 4 is 33.5 Å². The van der Waals surface area contributed by atoms with E-state index in [0.717, 1.165) is 0 Å². The molecule has 142 valence electrons. The number of carboxylic acid groups (broad SMARTS) is 1. The number of hydrogen-bond acceptors (Lipinski definition) is 5. The van der Waals surface area contributed by atoms with E-state index in [9.17, 15) is 22.8 Å². The number of aliphatic carboxylic acids is 1. The summed E-state index contributed by atoms with van der Waals surface area (Å²) < 4.78 is 26.7. The van der Waals surface area contributed by atoms with Crippen molar-refractivity contribution in [3.05, 3.63) is 24.3 Å². The van der Waals surface area contributed by atoms with Crippen LogP contribution in [0.5, 0.6) is 0 Å². The van der Waals surface area contributed by atoms with Crippen LogP contribution in [-0.2, 0) is 24.4 Å². The second kappa shape index (κ2) is 8.28. The molecule has 3 N–H and O–H groups in total. The number of carboxylic acids is 1. The van der Waals surface area contributed by atoms with Crippen LogP contribution < -0.4 is 10.6 Å². The van der Waals surface area contributed by atoms with Crippen LogP contribution in [0.15, 0.2) is 29.2 Å². The predicted octanol–water partition coefficient (Wildman–Crippen LogP) is 0.247. The molecule has 2 rings (SSSR count). The number of hydrogen-bond donors (Lipinski definition) is 3. The summed E-state index contributed by atoms with van der Waals surface area (Å²) in [6, 6.07) is 5.87. The molecule has 26 heavy (non-hydrogen) atoms. The van der Waals surface area contributed by atoms with Crippen molar-refractivity contribution < 1.29 is 27.9 Å². The van der Waals surface area contributed by atoms with Gasteiger partial charge in [0.25, 0.3) is 0 Å². The van der Waals surface area contributed by atoms with Crippen LogP contribution >= 0.6 is 0 Å². The summed E-state index contributed by atoms with van der Waals surface area (Å²) in [4.78, 5) is 33.5. The first-order chi connectivity index (χ1) is 12.2. The van der Waals surface area contributed by atoms with Crippen molar-refractivity contribution in [2.24, 2.45) is 5.92 Å². The van der Waals surface area contributed by atoms with E-state index < -0.39 is 28.5 Å². The molecule has 0 atom stereocenters. The Morgan fingerprint density at radius 1 is 1.15 bits per heavy atom. The van der Waals surface area contributed by atoms with Crippen LogP contribution in [0.4, 0.5) is 5.69 Å². The Morgan fingerprint density at radius 3 is 2.23 bits per heavy atom. The number of carbonyl (C=O) groups is 3. The Morgan fingerprint density at radius 2 is 1.73 bits per heavy atom. The van der Waals surface area contributed by atoms with Crippen LogP contribution in [0.2, 0.25) is 0 Å². The lowest BCUT2D eigenvalue weighted by atomic mass is 9.97. The van der Waals surface area contributed by atoms with E-state index in [2.05, 4.69) is 10.6 Å². The predicted molar refractivity (Wildman–Crippen MR) is 92.9 cm³/mol. The van der Waals surface area contributed by atoms with Gasteiger partial charge in [0.15, 0.2) is 0 Å². The van der Waals surface area contributed by atoms with Gasteiger partial charge in [0.1, 0.15) is 6.54 Å². The molecular formula is C16H21N3O6S. The highest BCUT2D eigenvalue weighted by atomic mass is 32.2. The summed E-state index contributed by atoms with van der Waals surface area (Å²) in [5, 5.41) is 13.5. The Labute approximate surface area is 151 Å². The molecule has 1 aromatic carbocycles. The van der Waals surface area contributed by atoms with Gasteiger partial charge in [-0.15, -0.1) is 0 Å². The van der Waals surface area contributed by atoms with Gasteiger partial charge in [0, 0.05) is 31.6 Å². The molecule has 0 bridgehead atoms. The number of benzene rings is 1. The lowest BCUT2D eigenvalue weighted by Gasteiger charge is -2.30. The lowest BCUT2D eigenvalue weighted by molar-refractivity contribution is -0.138. The van der Waals surface area contributed by atoms with Crippen molar-refractivity contribution in [3.63, 3.8) is 0 Å². The zero-order valence-corrected chi connectivity index (χ0v) is 15.1. The number of nitrogens with zero attached hydrogens (tertiary/aromatic N) is 1. The first-order valence-corrected chi connectivity index (χ1v) is 9.51. The highest BCUT2D eigenvalue weighted by molar-refractivity contribution is 7.89. The van der Waals surface area contributed by atoms with E-state index >= 15 is 0 Å². The van der Waals surface area contributed by atoms with Gasteiger partial charge in [-0.2, -0.15) is 4.31 Å². The highest BCUT2D eigenvalue weighted by Gasteiger charge is 2.32. The van der Waals surface area contributed by atoms with Gasteiger partial charge in [-0.25, -0.2) is 8.42 Å². The topological polar surface area (TPSA) is 133 Å². The monoisotopic (exact) mass is 383 g/mol. The van der Waals surface area contributed by atoms with Crippen molar-refractivity contribution in [2.45, 2.75) is 24.7 Å². The number of nitrogens with one attached hydrogen (secondary N) is 2. The molecule has 1 aliphatic heterocycles. The molecule has 0 aliphatic carbocycles. The summed E-state index contributed by atoms with van der Waals surface area (Å²) in [6.45, 7) is 1.28. The fourth-order valence-electron chi connectivity index (χ4n) is 2.73. The standard InChI is InChI=1S/C16H21N3O6S/c1-11(20)18-13-2-4-14(5-3-13)26(24,25)19-8-6-12(7-9-19)16(23)17-10-15(21)22/h2-5,12H,6-10H2,1H3,(H,17,23)(H,18,20)(H,21,22). The zero-order valence-electron chi connectivity index (χ0n) is 14.3. The van der Waals surface area contributed by atoms with Crippen molar-refractivity contribution in [2.75, 3.05) is 25.0 Å². The van der Waals surface area contributed by atoms with Crippen molar-refractivity contribution in [3.8, 4) is 0 Å². The van der Waals surface area contributed by atoms with Crippen LogP contribution in [0.3, 0.4) is 0 Å². The summed E-state index contributed by atoms with van der Waals surface area (Å²) in [7, 11) is -3.69. The average molecular weight is 383 g/mol. The highest BCUT2D eigenvalue weighted by Crippen LogP contribution is 2.24. The molecule has 1 heterocycles. The van der Waals surface area contributed by atoms with Gasteiger partial charge < -0.3 is 15.7 Å². The molecule has 2 amide bonds. The van der Waals surface area contributed by atoms with Gasteiger partial charge in [-0.1, -0.05) is 0 Å². The van der Waals surface area contributed by atoms with Gasteiger partial charge in [0.05, 0.1) is 4.90 Å². The number of rotatable bonds is 6. The van der Waals surface area contributed by atoms with Crippen LogP contribution in [0.1, 0.15) is 19.8 Å². The maximum Gasteiger partial charge on any atom is 0.322 e. The average Bonchev–Trinajstić information content (AvgIpc) is 2.59. The number of anilines is 1. The molecular weight excluding hydrogens is 362 g/mol. The molecule has 0 unspecified atom stereocenters. The number of carbonyl (C=O) groups excluding carboxylic acids is 2. The van der Waals surface area contributed by atoms with Crippen LogP contribution in [-0.4, -0.2) is 55.2 Å². The van der Waals surface area contributed by atoms with Gasteiger partial charge in [-0.05, 0) is 37.1 Å². The fourth-order valence-corrected chi connectivity index (χ4v) is 4.20. The maximum atomic E-state index is 12.7. The minimum Gasteiger partial charge on any atom is -0.480 e. The number of amides is 2. The van der Waals surface area contributed by atoms with E-state index in [1.807, 2.05) is 0 Å². The molecule has 9 nitrogen and oxygen atoms in total. The van der Waals surface area contributed by atoms with E-state index in [-0.39, 0.29) is 29.8 Å². The molecule has 0 aromatic heterocycles. The molecule has 1 aliphatic rings. The number of piperidine rings is 1. The molecule has 0 spiro atoms. The normalized spacial score (nSPS) is 16.0. The number of sulfonamides is 1. The molecule has 0 saturated carbocycles. The molecule has 1 saturated heterocycles. The van der Waals surface area contributed by atoms with Gasteiger partial charge in [0.2, 0.25) is 21.8 Å². The van der Waals surface area contributed by atoms with E-state index in [0.29, 0.717) is 18.5 Å². The smallest absolute Gasteiger partial charge is 0.322 e. The minimum atomic E-state index is -3.69. The molecule has 0 radical (unpaired) electrons. The van der Waals surface area contributed by atoms with Crippen molar-refractivity contribution in [1.29, 1.82) is 0 Å². The Bertz CT molecular complexity index is 783. The third-order valence-electron chi connectivity index (χ3n) is 4.05. The SMILES string of the molecule is CC(=O)Nc1ccc(S(=O)(=O)N2CCC(C(=O)NCC(=O)O)CC2)cc1. The van der Waals surface area contributed by atoms with Crippen LogP contribution in [0, 0.1) is 5.92 Å². The Kier molecular flexibility index (Phi) is 6.32. The lowest BCUT2D eigenvalue weighted by Crippen LogP contribution is -2.43. The summed E-state index contributed by atoms with van der Waals surface area (Å²) in [5.41, 5.74) is 0.505. The van der Waals surface area contributed by atoms with Gasteiger partial charge in [-0.3, -0.25) is 14.4 Å². The Balaban J connectivity index is 1.98. The first-order valence-electron chi connectivity index (χ1n) is 8.07. The first kappa shape index (κ1) is 19.9. The minimum absolute atomic E-state index is 0.111. The van der Waals surface area contributed by atoms with E-state index in [1.54, 1.807) is 0 Å². The van der Waals surface area contributed by atoms with E-state index in [4.69, 9.17) is 5.11 Å². The Hall–Kier alpha value is -2.46. The fraction of sp³-hybridized carbons (Fsp3) is 0.438. The third kappa shape index (κ3) is 5.02. The quantitative estimate of drug-likeness (QED) is 0.645.